The molecule has 0 fully saturated rings. The van der Waals surface area contributed by atoms with Crippen LogP contribution >= 0.6 is 0 Å². The summed E-state index contributed by atoms with van der Waals surface area (Å²) in [5, 5.41) is 11.9. The predicted molar refractivity (Wildman–Crippen MR) is 59.5 cm³/mol. The number of H-pyrrole nitrogens is 1. The molecule has 2 aromatic rings. The van der Waals surface area contributed by atoms with Crippen LogP contribution in [-0.2, 0) is 0 Å². The first-order valence-electron chi connectivity index (χ1n) is 4.87. The van der Waals surface area contributed by atoms with Crippen LogP contribution in [0.15, 0.2) is 12.3 Å². The zero-order valence-corrected chi connectivity index (χ0v) is 9.67. The van der Waals surface area contributed by atoms with Gasteiger partial charge in [0, 0.05) is 0 Å². The van der Waals surface area contributed by atoms with Crippen LogP contribution in [0, 0.1) is 0 Å². The number of nitrogens with zero attached hydrogens (tertiary/aromatic N) is 4. The molecule has 2 aromatic heterocycles. The highest BCUT2D eigenvalue weighted by molar-refractivity contribution is 6.01. The highest BCUT2D eigenvalue weighted by Crippen LogP contribution is 2.17. The minimum Gasteiger partial charge on any atom is -0.481 e. The highest BCUT2D eigenvalue weighted by atomic mass is 16.5. The third-order valence-electron chi connectivity index (χ3n) is 1.97. The summed E-state index contributed by atoms with van der Waals surface area (Å²) < 4.78 is 9.91. The van der Waals surface area contributed by atoms with Crippen molar-refractivity contribution in [3.63, 3.8) is 0 Å². The average molecular weight is 250 g/mol. The molecule has 0 aliphatic carbocycles. The molecule has 94 valence electrons. The van der Waals surface area contributed by atoms with Crippen LogP contribution in [0.4, 0.5) is 5.95 Å². The Morgan fingerprint density at radius 1 is 1.28 bits per heavy atom. The molecule has 2 N–H and O–H groups in total. The Labute approximate surface area is 102 Å². The van der Waals surface area contributed by atoms with Gasteiger partial charge in [0.15, 0.2) is 5.69 Å². The van der Waals surface area contributed by atoms with Gasteiger partial charge in [-0.15, -0.1) is 0 Å². The first-order chi connectivity index (χ1) is 8.72. The van der Waals surface area contributed by atoms with Crippen molar-refractivity contribution in [3.8, 4) is 11.8 Å². The molecule has 0 aliphatic rings. The Balaban J connectivity index is 2.20. The number of anilines is 1. The number of carbonyl (C=O) groups excluding carboxylic acids is 1. The minimum atomic E-state index is -0.487. The minimum absolute atomic E-state index is 0.0548. The van der Waals surface area contributed by atoms with E-state index in [2.05, 4.69) is 30.7 Å². The second kappa shape index (κ2) is 5.08. The number of aromatic amines is 1. The van der Waals surface area contributed by atoms with E-state index >= 15 is 0 Å². The van der Waals surface area contributed by atoms with Gasteiger partial charge in [-0.25, -0.2) is 0 Å². The van der Waals surface area contributed by atoms with E-state index in [-0.39, 0.29) is 23.4 Å². The zero-order chi connectivity index (χ0) is 13.0. The molecule has 0 spiro atoms. The Morgan fingerprint density at radius 2 is 1.94 bits per heavy atom. The third-order valence-corrected chi connectivity index (χ3v) is 1.97. The molecule has 1 amide bonds. The van der Waals surface area contributed by atoms with Crippen LogP contribution in [0.2, 0.25) is 0 Å². The summed E-state index contributed by atoms with van der Waals surface area (Å²) in [7, 11) is 2.90. The monoisotopic (exact) mass is 250 g/mol. The second-order valence-corrected chi connectivity index (χ2v) is 3.09. The van der Waals surface area contributed by atoms with Crippen LogP contribution in [0.25, 0.3) is 0 Å². The van der Waals surface area contributed by atoms with Gasteiger partial charge in [-0.1, -0.05) is 0 Å². The molecule has 0 atom stereocenters. The number of amides is 1. The van der Waals surface area contributed by atoms with Gasteiger partial charge in [-0.3, -0.25) is 10.1 Å². The molecule has 0 saturated heterocycles. The second-order valence-electron chi connectivity index (χ2n) is 3.09. The lowest BCUT2D eigenvalue weighted by atomic mass is 10.4. The van der Waals surface area contributed by atoms with E-state index in [1.54, 1.807) is 0 Å². The zero-order valence-electron chi connectivity index (χ0n) is 9.67. The van der Waals surface area contributed by atoms with Gasteiger partial charge in [-0.2, -0.15) is 25.4 Å². The van der Waals surface area contributed by atoms with Crippen molar-refractivity contribution in [2.45, 2.75) is 0 Å². The fourth-order valence-corrected chi connectivity index (χ4v) is 1.15. The SMILES string of the molecule is COc1cc(OC)nc(NC(=O)c2cn[nH]n2)n1. The Kier molecular flexibility index (Phi) is 3.32. The lowest BCUT2D eigenvalue weighted by Gasteiger charge is -2.06. The number of rotatable bonds is 4. The van der Waals surface area contributed by atoms with E-state index in [4.69, 9.17) is 9.47 Å². The third kappa shape index (κ3) is 2.51. The Hall–Kier alpha value is -2.71. The summed E-state index contributed by atoms with van der Waals surface area (Å²) in [5.41, 5.74) is 0.125. The van der Waals surface area contributed by atoms with Crippen LogP contribution in [0.5, 0.6) is 11.8 Å². The van der Waals surface area contributed by atoms with Gasteiger partial charge in [0.1, 0.15) is 0 Å². The number of hydrogen-bond acceptors (Lipinski definition) is 7. The number of nitrogens with one attached hydrogen (secondary N) is 2. The van der Waals surface area contributed by atoms with Crippen LogP contribution in [-0.4, -0.2) is 45.5 Å². The van der Waals surface area contributed by atoms with Gasteiger partial charge in [0.05, 0.1) is 26.5 Å². The summed E-state index contributed by atoms with van der Waals surface area (Å²) in [6.45, 7) is 0. The maximum atomic E-state index is 11.7. The summed E-state index contributed by atoms with van der Waals surface area (Å²) >= 11 is 0. The van der Waals surface area contributed by atoms with E-state index in [0.29, 0.717) is 0 Å². The molecule has 0 aromatic carbocycles. The topological polar surface area (TPSA) is 115 Å². The van der Waals surface area contributed by atoms with Crippen molar-refractivity contribution < 1.29 is 14.3 Å². The van der Waals surface area contributed by atoms with Gasteiger partial charge in [0.2, 0.25) is 17.7 Å². The van der Waals surface area contributed by atoms with E-state index in [9.17, 15) is 4.79 Å². The normalized spacial score (nSPS) is 9.89. The molecule has 9 nitrogen and oxygen atoms in total. The Bertz CT molecular complexity index is 519. The van der Waals surface area contributed by atoms with Gasteiger partial charge in [0.25, 0.3) is 5.91 Å². The number of aromatic nitrogens is 5. The number of ether oxygens (including phenoxy) is 2. The highest BCUT2D eigenvalue weighted by Gasteiger charge is 2.12. The molecular formula is C9H10N6O3. The van der Waals surface area contributed by atoms with E-state index in [1.165, 1.54) is 26.5 Å². The molecule has 2 rings (SSSR count). The van der Waals surface area contributed by atoms with Gasteiger partial charge < -0.3 is 9.47 Å². The van der Waals surface area contributed by atoms with E-state index < -0.39 is 5.91 Å². The quantitative estimate of drug-likeness (QED) is 0.776. The predicted octanol–water partition coefficient (Wildman–Crippen LogP) is -0.136. The largest absolute Gasteiger partial charge is 0.481 e. The van der Waals surface area contributed by atoms with Crippen LogP contribution in [0.1, 0.15) is 10.5 Å². The van der Waals surface area contributed by atoms with Crippen molar-refractivity contribution in [3.05, 3.63) is 18.0 Å². The fourth-order valence-electron chi connectivity index (χ4n) is 1.15. The van der Waals surface area contributed by atoms with Crippen molar-refractivity contribution >= 4 is 11.9 Å². The molecule has 0 saturated carbocycles. The summed E-state index contributed by atoms with van der Waals surface area (Å²) in [4.78, 5) is 19.6. The van der Waals surface area contributed by atoms with E-state index in [1.807, 2.05) is 0 Å². The van der Waals surface area contributed by atoms with Crippen molar-refractivity contribution in [1.82, 2.24) is 25.4 Å². The molecule has 0 aliphatic heterocycles. The first-order valence-corrected chi connectivity index (χ1v) is 4.87. The lowest BCUT2D eigenvalue weighted by Crippen LogP contribution is -2.15. The van der Waals surface area contributed by atoms with Gasteiger partial charge in [-0.05, 0) is 0 Å². The fraction of sp³-hybridized carbons (Fsp3) is 0.222. The molecule has 0 bridgehead atoms. The summed E-state index contributed by atoms with van der Waals surface area (Å²) in [5.74, 6) is 0.118. The standard InChI is InChI=1S/C9H10N6O3/c1-17-6-3-7(18-2)12-9(11-6)13-8(16)5-4-10-15-14-5/h3-4H,1-2H3,(H,10,14,15)(H,11,12,13,16). The Morgan fingerprint density at radius 3 is 2.44 bits per heavy atom. The number of methoxy groups -OCH3 is 2. The maximum absolute atomic E-state index is 11.7. The van der Waals surface area contributed by atoms with Crippen LogP contribution < -0.4 is 14.8 Å². The van der Waals surface area contributed by atoms with Crippen molar-refractivity contribution in [2.24, 2.45) is 0 Å². The molecule has 0 unspecified atom stereocenters. The maximum Gasteiger partial charge on any atom is 0.280 e. The summed E-state index contributed by atoms with van der Waals surface area (Å²) in [6.07, 6.45) is 1.28. The smallest absolute Gasteiger partial charge is 0.280 e. The van der Waals surface area contributed by atoms with Crippen molar-refractivity contribution in [2.75, 3.05) is 19.5 Å². The lowest BCUT2D eigenvalue weighted by molar-refractivity contribution is 0.102. The molecule has 2 heterocycles. The first kappa shape index (κ1) is 11.8. The molecule has 0 radical (unpaired) electrons. The van der Waals surface area contributed by atoms with E-state index in [0.717, 1.165) is 0 Å². The molecular weight excluding hydrogens is 240 g/mol. The van der Waals surface area contributed by atoms with Crippen molar-refractivity contribution in [1.29, 1.82) is 0 Å². The van der Waals surface area contributed by atoms with Gasteiger partial charge >= 0.3 is 0 Å². The number of hydrogen-bond donors (Lipinski definition) is 2. The molecule has 18 heavy (non-hydrogen) atoms. The summed E-state index contributed by atoms with van der Waals surface area (Å²) in [6, 6.07) is 1.49. The average Bonchev–Trinajstić information content (AvgIpc) is 2.92. The number of carbonyl (C=O) groups is 1. The van der Waals surface area contributed by atoms with Crippen LogP contribution in [0.3, 0.4) is 0 Å². The molecule has 9 heteroatoms.